The van der Waals surface area contributed by atoms with Crippen molar-refractivity contribution in [2.75, 3.05) is 11.0 Å². The average molecular weight is 437 g/mol. The maximum Gasteiger partial charge on any atom is 0.254 e. The van der Waals surface area contributed by atoms with Crippen molar-refractivity contribution in [2.24, 2.45) is 0 Å². The molecule has 0 radical (unpaired) electrons. The minimum absolute atomic E-state index is 0.0796. The maximum absolute atomic E-state index is 13.1. The van der Waals surface area contributed by atoms with Crippen molar-refractivity contribution in [3.8, 4) is 0 Å². The van der Waals surface area contributed by atoms with Crippen LogP contribution in [0.3, 0.4) is 0 Å². The van der Waals surface area contributed by atoms with Crippen LogP contribution in [0.15, 0.2) is 46.9 Å². The van der Waals surface area contributed by atoms with E-state index in [0.29, 0.717) is 17.8 Å². The number of hydrogen-bond acceptors (Lipinski definition) is 3. The Morgan fingerprint density at radius 1 is 1.23 bits per heavy atom. The molecule has 1 N–H and O–H groups in total. The molecule has 1 saturated carbocycles. The highest BCUT2D eigenvalue weighted by molar-refractivity contribution is 9.10. The summed E-state index contributed by atoms with van der Waals surface area (Å²) in [7, 11) is -3.40. The van der Waals surface area contributed by atoms with Crippen LogP contribution in [0.4, 0.5) is 5.69 Å². The van der Waals surface area contributed by atoms with Crippen LogP contribution >= 0.6 is 15.9 Å². The number of carbonyl (C=O) groups excluding carboxylic acids is 1. The van der Waals surface area contributed by atoms with E-state index < -0.39 is 10.0 Å². The van der Waals surface area contributed by atoms with Crippen LogP contribution in [0.5, 0.6) is 0 Å². The average Bonchev–Trinajstić information content (AvgIpc) is 3.38. The van der Waals surface area contributed by atoms with Gasteiger partial charge in [-0.2, -0.15) is 0 Å². The number of rotatable bonds is 6. The van der Waals surface area contributed by atoms with Gasteiger partial charge in [0.1, 0.15) is 0 Å². The predicted molar refractivity (Wildman–Crippen MR) is 107 cm³/mol. The molecule has 1 aliphatic rings. The second-order valence-electron chi connectivity index (χ2n) is 6.70. The van der Waals surface area contributed by atoms with Gasteiger partial charge in [-0.05, 0) is 55.2 Å². The molecule has 26 heavy (non-hydrogen) atoms. The molecule has 5 nitrogen and oxygen atoms in total. The van der Waals surface area contributed by atoms with Gasteiger partial charge in [-0.25, -0.2) is 8.42 Å². The monoisotopic (exact) mass is 436 g/mol. The first-order valence-electron chi connectivity index (χ1n) is 8.37. The SMILES string of the molecule is Cc1ccc(C(=O)N(Cc2cccc(Br)c2)C2CC2)cc1NS(C)(=O)=O. The molecule has 1 fully saturated rings. The first-order chi connectivity index (χ1) is 12.2. The fraction of sp³-hybridized carbons (Fsp3) is 0.316. The predicted octanol–water partition coefficient (Wildman–Crippen LogP) is 3.93. The van der Waals surface area contributed by atoms with Crippen molar-refractivity contribution < 1.29 is 13.2 Å². The molecule has 2 aromatic rings. The van der Waals surface area contributed by atoms with E-state index in [2.05, 4.69) is 20.7 Å². The molecule has 138 valence electrons. The molecule has 0 heterocycles. The Kier molecular flexibility index (Phi) is 5.39. The quantitative estimate of drug-likeness (QED) is 0.745. The number of benzene rings is 2. The summed E-state index contributed by atoms with van der Waals surface area (Å²) in [6.45, 7) is 2.34. The van der Waals surface area contributed by atoms with E-state index in [0.717, 1.165) is 34.7 Å². The number of halogens is 1. The number of nitrogens with zero attached hydrogens (tertiary/aromatic N) is 1. The highest BCUT2D eigenvalue weighted by Gasteiger charge is 2.33. The Morgan fingerprint density at radius 2 is 1.96 bits per heavy atom. The third-order valence-corrected chi connectivity index (χ3v) is 5.35. The number of nitrogens with one attached hydrogen (secondary N) is 1. The lowest BCUT2D eigenvalue weighted by molar-refractivity contribution is 0.0730. The summed E-state index contributed by atoms with van der Waals surface area (Å²) in [6.07, 6.45) is 3.10. The zero-order valence-corrected chi connectivity index (χ0v) is 17.1. The summed E-state index contributed by atoms with van der Waals surface area (Å²) in [5.41, 5.74) is 2.76. The zero-order chi connectivity index (χ0) is 18.9. The van der Waals surface area contributed by atoms with Gasteiger partial charge in [0.05, 0.1) is 11.9 Å². The maximum atomic E-state index is 13.1. The van der Waals surface area contributed by atoms with Crippen LogP contribution in [0.2, 0.25) is 0 Å². The highest BCUT2D eigenvalue weighted by atomic mass is 79.9. The Hall–Kier alpha value is -1.86. The van der Waals surface area contributed by atoms with E-state index in [1.807, 2.05) is 36.1 Å². The molecule has 1 amide bonds. The van der Waals surface area contributed by atoms with Crippen LogP contribution < -0.4 is 4.72 Å². The van der Waals surface area contributed by atoms with Gasteiger partial charge >= 0.3 is 0 Å². The minimum atomic E-state index is -3.40. The van der Waals surface area contributed by atoms with E-state index in [1.54, 1.807) is 18.2 Å². The first-order valence-corrected chi connectivity index (χ1v) is 11.1. The standard InChI is InChI=1S/C19H21BrN2O3S/c1-13-6-7-15(11-18(13)21-26(2,24)25)19(23)22(17-8-9-17)12-14-4-3-5-16(20)10-14/h3-7,10-11,17,21H,8-9,12H2,1-2H3. The van der Waals surface area contributed by atoms with Crippen molar-refractivity contribution in [3.63, 3.8) is 0 Å². The number of amides is 1. The van der Waals surface area contributed by atoms with Crippen molar-refractivity contribution >= 4 is 37.5 Å². The molecule has 0 aromatic heterocycles. The molecule has 3 rings (SSSR count). The lowest BCUT2D eigenvalue weighted by atomic mass is 10.1. The molecule has 2 aromatic carbocycles. The highest BCUT2D eigenvalue weighted by Crippen LogP contribution is 2.31. The number of carbonyl (C=O) groups is 1. The van der Waals surface area contributed by atoms with Gasteiger partial charge in [0.25, 0.3) is 5.91 Å². The van der Waals surface area contributed by atoms with Crippen molar-refractivity contribution in [1.82, 2.24) is 4.90 Å². The normalized spacial score (nSPS) is 14.1. The second kappa shape index (κ2) is 7.40. The zero-order valence-electron chi connectivity index (χ0n) is 14.7. The second-order valence-corrected chi connectivity index (χ2v) is 9.36. The minimum Gasteiger partial charge on any atom is -0.331 e. The smallest absolute Gasteiger partial charge is 0.254 e. The molecule has 0 saturated heterocycles. The van der Waals surface area contributed by atoms with Gasteiger partial charge in [0, 0.05) is 22.6 Å². The topological polar surface area (TPSA) is 66.5 Å². The summed E-state index contributed by atoms with van der Waals surface area (Å²) in [5.74, 6) is -0.0796. The van der Waals surface area contributed by atoms with Gasteiger partial charge < -0.3 is 4.90 Å². The summed E-state index contributed by atoms with van der Waals surface area (Å²) in [5, 5.41) is 0. The van der Waals surface area contributed by atoms with Gasteiger partial charge in [-0.1, -0.05) is 34.1 Å². The Balaban J connectivity index is 1.87. The molecule has 0 aliphatic heterocycles. The number of anilines is 1. The van der Waals surface area contributed by atoms with E-state index in [9.17, 15) is 13.2 Å². The fourth-order valence-corrected chi connectivity index (χ4v) is 3.88. The van der Waals surface area contributed by atoms with Crippen LogP contribution in [0, 0.1) is 6.92 Å². The van der Waals surface area contributed by atoms with Gasteiger partial charge in [0.2, 0.25) is 10.0 Å². The lowest BCUT2D eigenvalue weighted by Gasteiger charge is -2.23. The van der Waals surface area contributed by atoms with Gasteiger partial charge in [0.15, 0.2) is 0 Å². The summed E-state index contributed by atoms with van der Waals surface area (Å²) in [4.78, 5) is 15.0. The third-order valence-electron chi connectivity index (χ3n) is 4.27. The van der Waals surface area contributed by atoms with Gasteiger partial charge in [-0.15, -0.1) is 0 Å². The van der Waals surface area contributed by atoms with Crippen LogP contribution in [-0.4, -0.2) is 31.5 Å². The molecule has 0 bridgehead atoms. The van der Waals surface area contributed by atoms with E-state index >= 15 is 0 Å². The molecule has 0 atom stereocenters. The van der Waals surface area contributed by atoms with E-state index in [-0.39, 0.29) is 11.9 Å². The fourth-order valence-electron chi connectivity index (χ4n) is 2.82. The Morgan fingerprint density at radius 3 is 2.58 bits per heavy atom. The van der Waals surface area contributed by atoms with Crippen molar-refractivity contribution in [2.45, 2.75) is 32.4 Å². The van der Waals surface area contributed by atoms with Gasteiger partial charge in [-0.3, -0.25) is 9.52 Å². The summed E-state index contributed by atoms with van der Waals surface area (Å²) >= 11 is 3.46. The third kappa shape index (κ3) is 4.86. The number of aryl methyl sites for hydroxylation is 1. The Labute approximate surface area is 162 Å². The number of hydrogen-bond donors (Lipinski definition) is 1. The summed E-state index contributed by atoms with van der Waals surface area (Å²) < 4.78 is 26.6. The van der Waals surface area contributed by atoms with Crippen molar-refractivity contribution in [1.29, 1.82) is 0 Å². The Bertz CT molecular complexity index is 940. The molecular weight excluding hydrogens is 416 g/mol. The summed E-state index contributed by atoms with van der Waals surface area (Å²) in [6, 6.07) is 13.3. The molecule has 1 aliphatic carbocycles. The largest absolute Gasteiger partial charge is 0.331 e. The van der Waals surface area contributed by atoms with E-state index in [4.69, 9.17) is 0 Å². The molecule has 0 spiro atoms. The molecule has 0 unspecified atom stereocenters. The van der Waals surface area contributed by atoms with Crippen molar-refractivity contribution in [3.05, 3.63) is 63.6 Å². The van der Waals surface area contributed by atoms with Crippen LogP contribution in [-0.2, 0) is 16.6 Å². The van der Waals surface area contributed by atoms with E-state index in [1.165, 1.54) is 0 Å². The van der Waals surface area contributed by atoms with Crippen LogP contribution in [0.25, 0.3) is 0 Å². The molecule has 7 heteroatoms. The first kappa shape index (κ1) is 18.9. The lowest BCUT2D eigenvalue weighted by Crippen LogP contribution is -2.32. The molecular formula is C19H21BrN2O3S. The van der Waals surface area contributed by atoms with Crippen LogP contribution in [0.1, 0.15) is 34.3 Å². The number of sulfonamides is 1.